The second kappa shape index (κ2) is 3.91. The first kappa shape index (κ1) is 10.4. The molecule has 15 heavy (non-hydrogen) atoms. The van der Waals surface area contributed by atoms with E-state index in [4.69, 9.17) is 4.74 Å². The summed E-state index contributed by atoms with van der Waals surface area (Å²) in [6.45, 7) is 0. The molecule has 1 aromatic rings. The molecule has 0 saturated heterocycles. The molecule has 80 valence electrons. The molecule has 2 aliphatic rings. The Morgan fingerprint density at radius 1 is 1.33 bits per heavy atom. The van der Waals surface area contributed by atoms with Crippen LogP contribution in [0.5, 0.6) is 5.75 Å². The van der Waals surface area contributed by atoms with E-state index in [0.717, 1.165) is 10.2 Å². The second-order valence-electron chi connectivity index (χ2n) is 4.32. The Kier molecular flexibility index (Phi) is 2.71. The lowest BCUT2D eigenvalue weighted by Gasteiger charge is -2.40. The average Bonchev–Trinajstić information content (AvgIpc) is 2.20. The van der Waals surface area contributed by atoms with Gasteiger partial charge in [-0.3, -0.25) is 0 Å². The van der Waals surface area contributed by atoms with Crippen LogP contribution in [0, 0.1) is 0 Å². The zero-order valence-corrected chi connectivity index (χ0v) is 12.0. The van der Waals surface area contributed by atoms with Gasteiger partial charge in [0, 0.05) is 10.4 Å². The molecule has 1 fully saturated rings. The van der Waals surface area contributed by atoms with Gasteiger partial charge in [0.25, 0.3) is 0 Å². The molecule has 1 aliphatic heterocycles. The number of ether oxygens (including phenoxy) is 1. The molecule has 0 N–H and O–H groups in total. The number of hydrogen-bond acceptors (Lipinski definition) is 1. The van der Waals surface area contributed by atoms with Gasteiger partial charge in [-0.05, 0) is 43.0 Å². The van der Waals surface area contributed by atoms with Gasteiger partial charge in [-0.25, -0.2) is 0 Å². The van der Waals surface area contributed by atoms with E-state index < -0.39 is 0 Å². The molecule has 3 atom stereocenters. The minimum Gasteiger partial charge on any atom is -0.489 e. The zero-order chi connectivity index (χ0) is 10.4. The smallest absolute Gasteiger partial charge is 0.123 e. The molecule has 0 spiro atoms. The topological polar surface area (TPSA) is 9.23 Å². The van der Waals surface area contributed by atoms with Crippen molar-refractivity contribution >= 4 is 38.5 Å². The maximum atomic E-state index is 6.04. The number of fused-ring (bicyclic) bond motifs is 4. The van der Waals surface area contributed by atoms with Gasteiger partial charge >= 0.3 is 0 Å². The van der Waals surface area contributed by atoms with Crippen LogP contribution < -0.4 is 4.74 Å². The van der Waals surface area contributed by atoms with E-state index in [1.54, 1.807) is 0 Å². The molecule has 1 nitrogen and oxygen atoms in total. The van der Waals surface area contributed by atoms with E-state index in [2.05, 4.69) is 56.7 Å². The minimum absolute atomic E-state index is 0.443. The molecule has 1 aromatic carbocycles. The molecule has 3 unspecified atom stereocenters. The Morgan fingerprint density at radius 3 is 3.07 bits per heavy atom. The van der Waals surface area contributed by atoms with Crippen molar-refractivity contribution in [2.45, 2.75) is 35.2 Å². The molecule has 1 heterocycles. The average molecular weight is 379 g/mol. The van der Waals surface area contributed by atoms with Gasteiger partial charge in [-0.15, -0.1) is 0 Å². The van der Waals surface area contributed by atoms with E-state index in [1.165, 1.54) is 24.8 Å². The fraction of sp³-hybridized carbons (Fsp3) is 0.500. The highest BCUT2D eigenvalue weighted by molar-refractivity contribution is 14.1. The van der Waals surface area contributed by atoms with E-state index >= 15 is 0 Å². The summed E-state index contributed by atoms with van der Waals surface area (Å²) in [6.07, 6.45) is 4.29. The van der Waals surface area contributed by atoms with Crippen molar-refractivity contribution in [2.24, 2.45) is 0 Å². The summed E-state index contributed by atoms with van der Waals surface area (Å²) in [4.78, 5) is 0. The number of alkyl halides is 1. The summed E-state index contributed by atoms with van der Waals surface area (Å²) in [5.74, 6) is 1.81. The first-order valence-corrected chi connectivity index (χ1v) is 7.40. The molecule has 0 aromatic heterocycles. The van der Waals surface area contributed by atoms with Crippen LogP contribution in [0.4, 0.5) is 0 Å². The van der Waals surface area contributed by atoms with Crippen LogP contribution in [0.15, 0.2) is 22.7 Å². The molecule has 0 radical (unpaired) electrons. The predicted octanol–water partition coefficient (Wildman–Crippen LogP) is 4.28. The van der Waals surface area contributed by atoms with Crippen molar-refractivity contribution in [3.05, 3.63) is 28.2 Å². The summed E-state index contributed by atoms with van der Waals surface area (Å²) in [5.41, 5.74) is 1.40. The molecule has 0 amide bonds. The first-order chi connectivity index (χ1) is 7.25. The molecule has 1 aliphatic carbocycles. The van der Waals surface area contributed by atoms with Gasteiger partial charge < -0.3 is 4.74 Å². The Balaban J connectivity index is 2.09. The van der Waals surface area contributed by atoms with Crippen molar-refractivity contribution in [2.75, 3.05) is 0 Å². The van der Waals surface area contributed by atoms with Crippen LogP contribution in [0.3, 0.4) is 0 Å². The van der Waals surface area contributed by atoms with E-state index in [0.29, 0.717) is 15.9 Å². The van der Waals surface area contributed by atoms with Crippen molar-refractivity contribution < 1.29 is 4.74 Å². The van der Waals surface area contributed by atoms with Crippen LogP contribution in [0.25, 0.3) is 0 Å². The number of halogens is 2. The quantitative estimate of drug-likeness (QED) is 0.483. The van der Waals surface area contributed by atoms with Crippen molar-refractivity contribution in [1.82, 2.24) is 0 Å². The van der Waals surface area contributed by atoms with Crippen molar-refractivity contribution in [1.29, 1.82) is 0 Å². The van der Waals surface area contributed by atoms with E-state index in [1.807, 2.05) is 0 Å². The van der Waals surface area contributed by atoms with Gasteiger partial charge in [0.05, 0.1) is 3.92 Å². The van der Waals surface area contributed by atoms with E-state index in [-0.39, 0.29) is 0 Å². The molecular formula is C12H12BrIO. The fourth-order valence-corrected chi connectivity index (χ4v) is 4.28. The largest absolute Gasteiger partial charge is 0.489 e. The van der Waals surface area contributed by atoms with Crippen LogP contribution in [0.2, 0.25) is 0 Å². The third kappa shape index (κ3) is 1.71. The lowest BCUT2D eigenvalue weighted by atomic mass is 9.80. The summed E-state index contributed by atoms with van der Waals surface area (Å²) < 4.78 is 7.86. The summed E-state index contributed by atoms with van der Waals surface area (Å²) in [7, 11) is 0. The molecule has 2 bridgehead atoms. The van der Waals surface area contributed by atoms with Gasteiger partial charge in [0.2, 0.25) is 0 Å². The third-order valence-electron chi connectivity index (χ3n) is 3.39. The molecule has 3 rings (SSSR count). The Bertz CT molecular complexity index is 393. The second-order valence-corrected chi connectivity index (χ2v) is 6.67. The Morgan fingerprint density at radius 2 is 2.20 bits per heavy atom. The Labute approximate surface area is 112 Å². The van der Waals surface area contributed by atoms with Gasteiger partial charge in [0.1, 0.15) is 11.9 Å². The lowest BCUT2D eigenvalue weighted by molar-refractivity contribution is 0.132. The number of rotatable bonds is 0. The summed E-state index contributed by atoms with van der Waals surface area (Å²) >= 11 is 6.11. The maximum absolute atomic E-state index is 6.04. The third-order valence-corrected chi connectivity index (χ3v) is 5.56. The lowest BCUT2D eigenvalue weighted by Crippen LogP contribution is -2.39. The SMILES string of the molecule is Brc1ccc2c(c1)C1CCCC(O2)C1I. The van der Waals surface area contributed by atoms with Crippen LogP contribution >= 0.6 is 38.5 Å². The maximum Gasteiger partial charge on any atom is 0.123 e. The standard InChI is InChI=1S/C12H12BrIO/c13-7-4-5-10-9(6-7)8-2-1-3-11(15-10)12(8)14/h4-6,8,11-12H,1-3H2. The van der Waals surface area contributed by atoms with Gasteiger partial charge in [-0.1, -0.05) is 38.5 Å². The van der Waals surface area contributed by atoms with Crippen molar-refractivity contribution in [3.8, 4) is 5.75 Å². The van der Waals surface area contributed by atoms with Crippen LogP contribution in [-0.2, 0) is 0 Å². The molecular weight excluding hydrogens is 367 g/mol. The highest BCUT2D eigenvalue weighted by Crippen LogP contribution is 2.47. The van der Waals surface area contributed by atoms with Crippen molar-refractivity contribution in [3.63, 3.8) is 0 Å². The zero-order valence-electron chi connectivity index (χ0n) is 8.25. The van der Waals surface area contributed by atoms with Crippen LogP contribution in [-0.4, -0.2) is 10.0 Å². The van der Waals surface area contributed by atoms with E-state index in [9.17, 15) is 0 Å². The van der Waals surface area contributed by atoms with Crippen LogP contribution in [0.1, 0.15) is 30.7 Å². The summed E-state index contributed by atoms with van der Waals surface area (Å²) in [6, 6.07) is 6.41. The van der Waals surface area contributed by atoms with Gasteiger partial charge in [-0.2, -0.15) is 0 Å². The molecule has 1 saturated carbocycles. The fourth-order valence-electron chi connectivity index (χ4n) is 2.65. The number of hydrogen-bond donors (Lipinski definition) is 0. The first-order valence-electron chi connectivity index (χ1n) is 5.36. The monoisotopic (exact) mass is 378 g/mol. The minimum atomic E-state index is 0.443. The summed E-state index contributed by atoms with van der Waals surface area (Å²) in [5, 5.41) is 0. The Hall–Kier alpha value is 0.230. The normalized spacial score (nSPS) is 33.1. The highest BCUT2D eigenvalue weighted by Gasteiger charge is 2.39. The van der Waals surface area contributed by atoms with Gasteiger partial charge in [0.15, 0.2) is 0 Å². The number of benzene rings is 1. The molecule has 3 heteroatoms. The highest BCUT2D eigenvalue weighted by atomic mass is 127. The predicted molar refractivity (Wildman–Crippen MR) is 73.0 cm³/mol.